The van der Waals surface area contributed by atoms with Crippen LogP contribution in [-0.2, 0) is 4.79 Å². The van der Waals surface area contributed by atoms with Crippen molar-refractivity contribution in [3.63, 3.8) is 0 Å². The molecular weight excluding hydrogens is 136 g/mol. The average Bonchev–Trinajstić information content (AvgIpc) is 1.89. The Labute approximate surface area is 57.9 Å². The third-order valence-electron chi connectivity index (χ3n) is 0.908. The Hall–Kier alpha value is -1.12. The number of aliphatic carboxylic acids is 1. The van der Waals surface area contributed by atoms with Crippen LogP contribution in [0.1, 0.15) is 0 Å². The minimum atomic E-state index is -1.15. The highest BCUT2D eigenvalue weighted by Crippen LogP contribution is 1.79. The number of hydrogen-bond donors (Lipinski definition) is 3. The molecule has 1 atom stereocenters. The number of nitriles is 1. The van der Waals surface area contributed by atoms with Crippen molar-refractivity contribution in [1.82, 2.24) is 5.32 Å². The SMILES string of the molecule is N#CCN[C@@H](CO)C(=O)O. The minimum Gasteiger partial charge on any atom is -0.480 e. The summed E-state index contributed by atoms with van der Waals surface area (Å²) >= 11 is 0. The normalized spacial score (nSPS) is 12.0. The van der Waals surface area contributed by atoms with E-state index in [1.807, 2.05) is 0 Å². The molecule has 0 rings (SSSR count). The number of carboxylic acid groups (broad SMARTS) is 1. The van der Waals surface area contributed by atoms with Crippen molar-refractivity contribution < 1.29 is 15.0 Å². The maximum atomic E-state index is 10.1. The Kier molecular flexibility index (Phi) is 4.20. The van der Waals surface area contributed by atoms with Crippen molar-refractivity contribution in [2.24, 2.45) is 0 Å². The van der Waals surface area contributed by atoms with Crippen molar-refractivity contribution in [2.45, 2.75) is 6.04 Å². The second-order valence-corrected chi connectivity index (χ2v) is 1.61. The van der Waals surface area contributed by atoms with Crippen LogP contribution >= 0.6 is 0 Å². The summed E-state index contributed by atoms with van der Waals surface area (Å²) in [5, 5.41) is 27.0. The van der Waals surface area contributed by atoms with Crippen LogP contribution in [0.2, 0.25) is 0 Å². The molecule has 5 heteroatoms. The number of rotatable bonds is 4. The minimum absolute atomic E-state index is 0.0719. The third-order valence-corrected chi connectivity index (χ3v) is 0.908. The molecule has 0 fully saturated rings. The predicted molar refractivity (Wildman–Crippen MR) is 32.1 cm³/mol. The standard InChI is InChI=1S/C5H8N2O3/c6-1-2-7-4(3-8)5(9)10/h4,7-8H,2-3H2,(H,9,10)/t4-/m0/s1. The van der Waals surface area contributed by atoms with Gasteiger partial charge in [0, 0.05) is 0 Å². The van der Waals surface area contributed by atoms with Crippen molar-refractivity contribution in [3.8, 4) is 6.07 Å². The highest BCUT2D eigenvalue weighted by atomic mass is 16.4. The lowest BCUT2D eigenvalue weighted by Gasteiger charge is -2.06. The molecule has 0 aromatic heterocycles. The number of nitrogens with one attached hydrogen (secondary N) is 1. The van der Waals surface area contributed by atoms with Gasteiger partial charge in [0.1, 0.15) is 6.04 Å². The first kappa shape index (κ1) is 8.88. The second kappa shape index (κ2) is 4.73. The van der Waals surface area contributed by atoms with Gasteiger partial charge in [-0.15, -0.1) is 0 Å². The fourth-order valence-corrected chi connectivity index (χ4v) is 0.399. The summed E-state index contributed by atoms with van der Waals surface area (Å²) in [5.41, 5.74) is 0. The van der Waals surface area contributed by atoms with E-state index in [0.29, 0.717) is 0 Å². The van der Waals surface area contributed by atoms with Gasteiger partial charge in [-0.3, -0.25) is 10.1 Å². The number of carboxylic acids is 1. The molecule has 0 saturated carbocycles. The van der Waals surface area contributed by atoms with Crippen LogP contribution in [0.4, 0.5) is 0 Å². The van der Waals surface area contributed by atoms with E-state index >= 15 is 0 Å². The first-order valence-corrected chi connectivity index (χ1v) is 2.66. The lowest BCUT2D eigenvalue weighted by molar-refractivity contribution is -0.140. The van der Waals surface area contributed by atoms with Gasteiger partial charge in [0.15, 0.2) is 0 Å². The van der Waals surface area contributed by atoms with Crippen molar-refractivity contribution >= 4 is 5.97 Å². The fourth-order valence-electron chi connectivity index (χ4n) is 0.399. The molecule has 3 N–H and O–H groups in total. The van der Waals surface area contributed by atoms with Gasteiger partial charge in [-0.05, 0) is 0 Å². The number of hydrogen-bond acceptors (Lipinski definition) is 4. The largest absolute Gasteiger partial charge is 0.480 e. The van der Waals surface area contributed by atoms with Crippen molar-refractivity contribution in [2.75, 3.05) is 13.2 Å². The Morgan fingerprint density at radius 2 is 2.40 bits per heavy atom. The molecule has 0 aliphatic rings. The van der Waals surface area contributed by atoms with Gasteiger partial charge in [-0.2, -0.15) is 5.26 Å². The number of carbonyl (C=O) groups is 1. The lowest BCUT2D eigenvalue weighted by atomic mass is 10.3. The molecule has 0 bridgehead atoms. The van der Waals surface area contributed by atoms with Crippen LogP contribution in [0.5, 0.6) is 0 Å². The van der Waals surface area contributed by atoms with Crippen LogP contribution in [-0.4, -0.2) is 35.4 Å². The second-order valence-electron chi connectivity index (χ2n) is 1.61. The molecule has 0 aliphatic carbocycles. The molecule has 10 heavy (non-hydrogen) atoms. The molecule has 56 valence electrons. The van der Waals surface area contributed by atoms with E-state index in [2.05, 4.69) is 5.32 Å². The highest BCUT2D eigenvalue weighted by molar-refractivity contribution is 5.73. The van der Waals surface area contributed by atoms with Gasteiger partial charge in [0.2, 0.25) is 0 Å². The van der Waals surface area contributed by atoms with E-state index in [0.717, 1.165) is 0 Å². The lowest BCUT2D eigenvalue weighted by Crippen LogP contribution is -2.39. The van der Waals surface area contributed by atoms with Gasteiger partial charge < -0.3 is 10.2 Å². The molecule has 5 nitrogen and oxygen atoms in total. The number of aliphatic hydroxyl groups excluding tert-OH is 1. The first-order chi connectivity index (χ1) is 4.72. The summed E-state index contributed by atoms with van der Waals surface area (Å²) < 4.78 is 0. The fraction of sp³-hybridized carbons (Fsp3) is 0.600. The van der Waals surface area contributed by atoms with Crippen LogP contribution < -0.4 is 5.32 Å². The monoisotopic (exact) mass is 144 g/mol. The van der Waals surface area contributed by atoms with Gasteiger partial charge in [-0.1, -0.05) is 0 Å². The maximum Gasteiger partial charge on any atom is 0.323 e. The molecule has 0 aromatic rings. The van der Waals surface area contributed by atoms with E-state index in [-0.39, 0.29) is 6.54 Å². The molecule has 0 saturated heterocycles. The van der Waals surface area contributed by atoms with Gasteiger partial charge >= 0.3 is 5.97 Å². The van der Waals surface area contributed by atoms with Crippen LogP contribution in [0, 0.1) is 11.3 Å². The summed E-state index contributed by atoms with van der Waals surface area (Å²) in [5.74, 6) is -1.15. The van der Waals surface area contributed by atoms with E-state index in [1.54, 1.807) is 6.07 Å². The summed E-state index contributed by atoms with van der Waals surface area (Å²) in [6.45, 7) is -0.575. The molecule has 0 aromatic carbocycles. The summed E-state index contributed by atoms with van der Waals surface area (Å²) in [6.07, 6.45) is 0. The summed E-state index contributed by atoms with van der Waals surface area (Å²) in [7, 11) is 0. The smallest absolute Gasteiger partial charge is 0.323 e. The van der Waals surface area contributed by atoms with Crippen LogP contribution in [0.15, 0.2) is 0 Å². The molecule has 0 heterocycles. The Morgan fingerprint density at radius 1 is 1.80 bits per heavy atom. The van der Waals surface area contributed by atoms with Crippen LogP contribution in [0.25, 0.3) is 0 Å². The van der Waals surface area contributed by atoms with Crippen LogP contribution in [0.3, 0.4) is 0 Å². The quantitative estimate of drug-likeness (QED) is 0.419. The molecular formula is C5H8N2O3. The highest BCUT2D eigenvalue weighted by Gasteiger charge is 2.13. The topological polar surface area (TPSA) is 93.4 Å². The van der Waals surface area contributed by atoms with Crippen molar-refractivity contribution in [1.29, 1.82) is 5.26 Å². The summed E-state index contributed by atoms with van der Waals surface area (Å²) in [6, 6.07) is 0.674. The third kappa shape index (κ3) is 3.02. The van der Waals surface area contributed by atoms with E-state index < -0.39 is 18.6 Å². The zero-order valence-corrected chi connectivity index (χ0v) is 5.24. The molecule has 0 radical (unpaired) electrons. The molecule has 0 amide bonds. The molecule has 0 unspecified atom stereocenters. The molecule has 0 aliphatic heterocycles. The summed E-state index contributed by atoms with van der Waals surface area (Å²) in [4.78, 5) is 10.1. The Balaban J connectivity index is 3.63. The van der Waals surface area contributed by atoms with E-state index in [1.165, 1.54) is 0 Å². The zero-order chi connectivity index (χ0) is 7.98. The van der Waals surface area contributed by atoms with E-state index in [9.17, 15) is 4.79 Å². The molecule has 0 spiro atoms. The number of aliphatic hydroxyl groups is 1. The van der Waals surface area contributed by atoms with E-state index in [4.69, 9.17) is 15.5 Å². The van der Waals surface area contributed by atoms with Crippen molar-refractivity contribution in [3.05, 3.63) is 0 Å². The number of nitrogens with zero attached hydrogens (tertiary/aromatic N) is 1. The zero-order valence-electron chi connectivity index (χ0n) is 5.24. The first-order valence-electron chi connectivity index (χ1n) is 2.66. The van der Waals surface area contributed by atoms with Gasteiger partial charge in [0.05, 0.1) is 19.2 Å². The maximum absolute atomic E-state index is 10.1. The van der Waals surface area contributed by atoms with Gasteiger partial charge in [0.25, 0.3) is 0 Å². The average molecular weight is 144 g/mol. The van der Waals surface area contributed by atoms with Gasteiger partial charge in [-0.25, -0.2) is 0 Å². The Morgan fingerprint density at radius 3 is 2.70 bits per heavy atom. The Bertz CT molecular complexity index is 151. The predicted octanol–water partition coefficient (Wildman–Crippen LogP) is -1.45.